The van der Waals surface area contributed by atoms with Crippen LogP contribution in [0.5, 0.6) is 0 Å². The van der Waals surface area contributed by atoms with Crippen LogP contribution in [-0.2, 0) is 0 Å². The standard InChI is InChI=1S/C15H7BrCl2FNO/c16-9-2-4-14(19)10(6-9)15(21)11(7-20)8-1-3-12(17)13(18)5-8/h1-6,11H. The fourth-order valence-electron chi connectivity index (χ4n) is 1.82. The van der Waals surface area contributed by atoms with E-state index in [4.69, 9.17) is 23.2 Å². The monoisotopic (exact) mass is 385 g/mol. The summed E-state index contributed by atoms with van der Waals surface area (Å²) >= 11 is 14.9. The highest BCUT2D eigenvalue weighted by Gasteiger charge is 2.25. The maximum absolute atomic E-state index is 13.8. The van der Waals surface area contributed by atoms with E-state index < -0.39 is 17.5 Å². The minimum atomic E-state index is -1.15. The Morgan fingerprint density at radius 2 is 1.90 bits per heavy atom. The van der Waals surface area contributed by atoms with E-state index in [0.29, 0.717) is 15.1 Å². The van der Waals surface area contributed by atoms with Crippen LogP contribution in [0.4, 0.5) is 4.39 Å². The number of rotatable bonds is 3. The Balaban J connectivity index is 2.46. The first-order valence-corrected chi connectivity index (χ1v) is 7.32. The predicted octanol–water partition coefficient (Wildman–Crippen LogP) is 5.39. The lowest BCUT2D eigenvalue weighted by atomic mass is 9.91. The van der Waals surface area contributed by atoms with E-state index in [1.54, 1.807) is 0 Å². The zero-order valence-electron chi connectivity index (χ0n) is 10.4. The number of nitrogens with zero attached hydrogens (tertiary/aromatic N) is 1. The summed E-state index contributed by atoms with van der Waals surface area (Å²) in [5.74, 6) is -2.46. The van der Waals surface area contributed by atoms with Crippen molar-refractivity contribution in [3.8, 4) is 6.07 Å². The van der Waals surface area contributed by atoms with Gasteiger partial charge in [-0.25, -0.2) is 4.39 Å². The van der Waals surface area contributed by atoms with E-state index >= 15 is 0 Å². The molecule has 0 aliphatic heterocycles. The second-order valence-electron chi connectivity index (χ2n) is 4.22. The van der Waals surface area contributed by atoms with Crippen molar-refractivity contribution < 1.29 is 9.18 Å². The third-order valence-electron chi connectivity index (χ3n) is 2.86. The summed E-state index contributed by atoms with van der Waals surface area (Å²) in [7, 11) is 0. The highest BCUT2D eigenvalue weighted by molar-refractivity contribution is 9.10. The van der Waals surface area contributed by atoms with Gasteiger partial charge in [0, 0.05) is 4.47 Å². The third kappa shape index (κ3) is 3.44. The molecule has 0 fully saturated rings. The van der Waals surface area contributed by atoms with Crippen molar-refractivity contribution in [1.29, 1.82) is 5.26 Å². The number of carbonyl (C=O) groups excluding carboxylic acids is 1. The minimum absolute atomic E-state index is 0.151. The van der Waals surface area contributed by atoms with E-state index in [0.717, 1.165) is 0 Å². The minimum Gasteiger partial charge on any atom is -0.292 e. The molecule has 1 unspecified atom stereocenters. The van der Waals surface area contributed by atoms with Gasteiger partial charge in [-0.1, -0.05) is 45.2 Å². The van der Waals surface area contributed by atoms with Crippen LogP contribution in [0.2, 0.25) is 10.0 Å². The van der Waals surface area contributed by atoms with E-state index in [1.807, 2.05) is 6.07 Å². The fraction of sp³-hybridized carbons (Fsp3) is 0.0667. The molecule has 0 saturated carbocycles. The molecule has 2 aromatic carbocycles. The molecule has 21 heavy (non-hydrogen) atoms. The molecule has 2 rings (SSSR count). The van der Waals surface area contributed by atoms with Gasteiger partial charge in [0.15, 0.2) is 5.78 Å². The predicted molar refractivity (Wildman–Crippen MR) is 83.2 cm³/mol. The van der Waals surface area contributed by atoms with Crippen LogP contribution in [0.25, 0.3) is 0 Å². The maximum atomic E-state index is 13.8. The van der Waals surface area contributed by atoms with E-state index in [2.05, 4.69) is 15.9 Å². The van der Waals surface area contributed by atoms with Crippen LogP contribution in [0.1, 0.15) is 21.8 Å². The van der Waals surface area contributed by atoms with Crippen molar-refractivity contribution in [3.63, 3.8) is 0 Å². The van der Waals surface area contributed by atoms with Crippen LogP contribution < -0.4 is 0 Å². The molecule has 2 nitrogen and oxygen atoms in total. The smallest absolute Gasteiger partial charge is 0.187 e. The molecule has 0 amide bonds. The molecule has 0 heterocycles. The molecule has 106 valence electrons. The zero-order valence-corrected chi connectivity index (χ0v) is 13.5. The van der Waals surface area contributed by atoms with E-state index in [1.165, 1.54) is 36.4 Å². The van der Waals surface area contributed by atoms with Gasteiger partial charge < -0.3 is 0 Å². The molecule has 0 aliphatic rings. The summed E-state index contributed by atoms with van der Waals surface area (Å²) in [6.45, 7) is 0. The second kappa shape index (κ2) is 6.57. The van der Waals surface area contributed by atoms with Gasteiger partial charge in [0.25, 0.3) is 0 Å². The summed E-state index contributed by atoms with van der Waals surface area (Å²) in [6, 6.07) is 10.3. The van der Waals surface area contributed by atoms with Crippen molar-refractivity contribution in [2.75, 3.05) is 0 Å². The van der Waals surface area contributed by atoms with E-state index in [9.17, 15) is 14.4 Å². The molecule has 1 atom stereocenters. The van der Waals surface area contributed by atoms with Gasteiger partial charge >= 0.3 is 0 Å². The van der Waals surface area contributed by atoms with Crippen LogP contribution in [0.3, 0.4) is 0 Å². The number of Topliss-reactive ketones (excluding diaryl/α,β-unsaturated/α-hetero) is 1. The topological polar surface area (TPSA) is 40.9 Å². The summed E-state index contributed by atoms with van der Waals surface area (Å²) in [6.07, 6.45) is 0. The van der Waals surface area contributed by atoms with Gasteiger partial charge in [0.05, 0.1) is 21.7 Å². The van der Waals surface area contributed by atoms with Crippen LogP contribution >= 0.6 is 39.1 Å². The summed E-state index contributed by atoms with van der Waals surface area (Å²) < 4.78 is 14.3. The Morgan fingerprint density at radius 1 is 1.19 bits per heavy atom. The molecule has 0 spiro atoms. The molecule has 0 N–H and O–H groups in total. The van der Waals surface area contributed by atoms with Gasteiger partial charge in [-0.15, -0.1) is 0 Å². The molecule has 2 aromatic rings. The average Bonchev–Trinajstić information content (AvgIpc) is 2.46. The number of benzene rings is 2. The zero-order chi connectivity index (χ0) is 15.6. The van der Waals surface area contributed by atoms with Crippen molar-refractivity contribution >= 4 is 44.9 Å². The normalized spacial score (nSPS) is 11.8. The third-order valence-corrected chi connectivity index (χ3v) is 4.09. The summed E-state index contributed by atoms with van der Waals surface area (Å²) in [5, 5.41) is 9.80. The number of nitriles is 1. The lowest BCUT2D eigenvalue weighted by Gasteiger charge is -2.10. The van der Waals surface area contributed by atoms with Crippen molar-refractivity contribution in [2.24, 2.45) is 0 Å². The molecule has 0 radical (unpaired) electrons. The largest absolute Gasteiger partial charge is 0.292 e. The van der Waals surface area contributed by atoms with Gasteiger partial charge in [-0.2, -0.15) is 5.26 Å². The van der Waals surface area contributed by atoms with Crippen LogP contribution in [-0.4, -0.2) is 5.78 Å². The van der Waals surface area contributed by atoms with Crippen molar-refractivity contribution in [2.45, 2.75) is 5.92 Å². The lowest BCUT2D eigenvalue weighted by Crippen LogP contribution is -2.13. The molecular formula is C15H7BrCl2FNO. The second-order valence-corrected chi connectivity index (χ2v) is 5.95. The number of carbonyl (C=O) groups is 1. The molecule has 0 saturated heterocycles. The molecule has 0 bridgehead atoms. The van der Waals surface area contributed by atoms with E-state index in [-0.39, 0.29) is 10.6 Å². The number of halogens is 4. The fourth-order valence-corrected chi connectivity index (χ4v) is 2.49. The van der Waals surface area contributed by atoms with Crippen LogP contribution in [0.15, 0.2) is 40.9 Å². The first-order chi connectivity index (χ1) is 9.93. The Labute approximate surface area is 139 Å². The molecular weight excluding hydrogens is 380 g/mol. The first-order valence-electron chi connectivity index (χ1n) is 5.78. The highest BCUT2D eigenvalue weighted by Crippen LogP contribution is 2.29. The van der Waals surface area contributed by atoms with Crippen molar-refractivity contribution in [1.82, 2.24) is 0 Å². The first kappa shape index (κ1) is 16.0. The summed E-state index contributed by atoms with van der Waals surface area (Å²) in [5.41, 5.74) is 0.221. The summed E-state index contributed by atoms with van der Waals surface area (Å²) in [4.78, 5) is 12.4. The molecule has 0 aromatic heterocycles. The van der Waals surface area contributed by atoms with Gasteiger partial charge in [0.2, 0.25) is 0 Å². The quantitative estimate of drug-likeness (QED) is 0.664. The Hall–Kier alpha value is -1.41. The number of ketones is 1. The van der Waals surface area contributed by atoms with Crippen molar-refractivity contribution in [3.05, 3.63) is 67.9 Å². The maximum Gasteiger partial charge on any atom is 0.187 e. The lowest BCUT2D eigenvalue weighted by molar-refractivity contribution is 0.0975. The SMILES string of the molecule is N#CC(C(=O)c1cc(Br)ccc1F)c1ccc(Cl)c(Cl)c1. The Bertz CT molecular complexity index is 758. The number of hydrogen-bond donors (Lipinski definition) is 0. The molecule has 0 aliphatic carbocycles. The Morgan fingerprint density at radius 3 is 2.52 bits per heavy atom. The van der Waals surface area contributed by atoms with Gasteiger partial charge in [-0.05, 0) is 35.9 Å². The molecule has 6 heteroatoms. The van der Waals surface area contributed by atoms with Gasteiger partial charge in [-0.3, -0.25) is 4.79 Å². The number of hydrogen-bond acceptors (Lipinski definition) is 2. The Kier molecular flexibility index (Phi) is 5.00. The van der Waals surface area contributed by atoms with Crippen LogP contribution in [0, 0.1) is 17.1 Å². The van der Waals surface area contributed by atoms with Gasteiger partial charge in [0.1, 0.15) is 11.7 Å². The average molecular weight is 387 g/mol. The highest BCUT2D eigenvalue weighted by atomic mass is 79.9.